The summed E-state index contributed by atoms with van der Waals surface area (Å²) in [6.45, 7) is 6.62. The molecule has 0 fully saturated rings. The van der Waals surface area contributed by atoms with E-state index in [1.165, 1.54) is 5.56 Å². The van der Waals surface area contributed by atoms with E-state index in [-0.39, 0.29) is 11.8 Å². The molecule has 0 saturated carbocycles. The maximum Gasteiger partial charge on any atom is 0.224 e. The first-order chi connectivity index (χ1) is 8.43. The molecule has 0 aliphatic heterocycles. The first-order valence-corrected chi connectivity index (χ1v) is 6.79. The van der Waals surface area contributed by atoms with Crippen molar-refractivity contribution in [2.24, 2.45) is 5.92 Å². The van der Waals surface area contributed by atoms with Gasteiger partial charge in [-0.2, -0.15) is 0 Å². The summed E-state index contributed by atoms with van der Waals surface area (Å²) in [5, 5.41) is 2.95. The molecule has 3 nitrogen and oxygen atoms in total. The second kappa shape index (κ2) is 6.90. The van der Waals surface area contributed by atoms with Gasteiger partial charge in [-0.3, -0.25) is 4.79 Å². The molecule has 0 aliphatic rings. The predicted octanol–water partition coefficient (Wildman–Crippen LogP) is 3.68. The quantitative estimate of drug-likeness (QED) is 0.900. The minimum absolute atomic E-state index is 0.0206. The summed E-state index contributed by atoms with van der Waals surface area (Å²) in [7, 11) is 1.65. The Morgan fingerprint density at radius 3 is 2.67 bits per heavy atom. The van der Waals surface area contributed by atoms with E-state index in [1.54, 1.807) is 7.11 Å². The predicted molar refractivity (Wildman–Crippen MR) is 77.9 cm³/mol. The molecule has 1 aromatic rings. The number of nitrogens with one attached hydrogen (secondary N) is 1. The maximum atomic E-state index is 11.9. The van der Waals surface area contributed by atoms with Crippen molar-refractivity contribution in [3.63, 3.8) is 0 Å². The number of carbonyl (C=O) groups is 1. The standard InChI is InChI=1S/C14H20BrNO2/c1-9-5-11(3)14(12(15)6-9)16-13(17)7-10(2)8-18-4/h5-6,10H,7-8H2,1-4H3,(H,16,17). The molecule has 18 heavy (non-hydrogen) atoms. The number of hydrogen-bond donors (Lipinski definition) is 1. The number of aryl methyl sites for hydroxylation is 2. The van der Waals surface area contributed by atoms with Crippen LogP contribution in [0.1, 0.15) is 24.5 Å². The summed E-state index contributed by atoms with van der Waals surface area (Å²) >= 11 is 3.48. The van der Waals surface area contributed by atoms with E-state index >= 15 is 0 Å². The number of rotatable bonds is 5. The SMILES string of the molecule is COCC(C)CC(=O)Nc1c(C)cc(C)cc1Br. The van der Waals surface area contributed by atoms with Crippen LogP contribution in [-0.4, -0.2) is 19.6 Å². The number of carbonyl (C=O) groups excluding carboxylic acids is 1. The van der Waals surface area contributed by atoms with Gasteiger partial charge in [-0.1, -0.05) is 13.0 Å². The minimum atomic E-state index is 0.0206. The van der Waals surface area contributed by atoms with Gasteiger partial charge >= 0.3 is 0 Å². The lowest BCUT2D eigenvalue weighted by Crippen LogP contribution is -2.18. The van der Waals surface area contributed by atoms with Gasteiger partial charge in [-0.15, -0.1) is 0 Å². The second-order valence-corrected chi connectivity index (χ2v) is 5.61. The van der Waals surface area contributed by atoms with Crippen LogP contribution in [-0.2, 0) is 9.53 Å². The molecule has 1 rings (SSSR count). The lowest BCUT2D eigenvalue weighted by molar-refractivity contribution is -0.117. The molecule has 0 spiro atoms. The van der Waals surface area contributed by atoms with Gasteiger partial charge < -0.3 is 10.1 Å². The molecular formula is C14H20BrNO2. The number of hydrogen-bond acceptors (Lipinski definition) is 2. The van der Waals surface area contributed by atoms with Crippen molar-refractivity contribution in [2.75, 3.05) is 19.0 Å². The van der Waals surface area contributed by atoms with E-state index in [2.05, 4.69) is 27.3 Å². The molecule has 1 unspecified atom stereocenters. The lowest BCUT2D eigenvalue weighted by atomic mass is 10.1. The molecule has 1 aromatic carbocycles. The van der Waals surface area contributed by atoms with Gasteiger partial charge in [-0.25, -0.2) is 0 Å². The Labute approximate surface area is 117 Å². The number of ether oxygens (including phenoxy) is 1. The zero-order chi connectivity index (χ0) is 13.7. The highest BCUT2D eigenvalue weighted by Gasteiger charge is 2.12. The molecule has 100 valence electrons. The topological polar surface area (TPSA) is 38.3 Å². The van der Waals surface area contributed by atoms with Crippen LogP contribution >= 0.6 is 15.9 Å². The number of anilines is 1. The minimum Gasteiger partial charge on any atom is -0.384 e. The van der Waals surface area contributed by atoms with Crippen LogP contribution in [0, 0.1) is 19.8 Å². The molecule has 0 aromatic heterocycles. The van der Waals surface area contributed by atoms with Gasteiger partial charge in [0.25, 0.3) is 0 Å². The smallest absolute Gasteiger partial charge is 0.224 e. The molecular weight excluding hydrogens is 294 g/mol. The molecule has 4 heteroatoms. The van der Waals surface area contributed by atoms with Crippen LogP contribution < -0.4 is 5.32 Å². The van der Waals surface area contributed by atoms with Gasteiger partial charge in [0, 0.05) is 24.6 Å². The van der Waals surface area contributed by atoms with Crippen LogP contribution in [0.2, 0.25) is 0 Å². The van der Waals surface area contributed by atoms with Gasteiger partial charge in [0.05, 0.1) is 5.69 Å². The van der Waals surface area contributed by atoms with Gasteiger partial charge in [0.2, 0.25) is 5.91 Å². The van der Waals surface area contributed by atoms with Gasteiger partial charge in [0.15, 0.2) is 0 Å². The zero-order valence-electron chi connectivity index (χ0n) is 11.3. The average molecular weight is 314 g/mol. The summed E-state index contributed by atoms with van der Waals surface area (Å²) in [5.74, 6) is 0.242. The summed E-state index contributed by atoms with van der Waals surface area (Å²) in [5.41, 5.74) is 3.09. The van der Waals surface area contributed by atoms with E-state index < -0.39 is 0 Å². The molecule has 1 amide bonds. The number of methoxy groups -OCH3 is 1. The van der Waals surface area contributed by atoms with Crippen LogP contribution in [0.3, 0.4) is 0 Å². The fourth-order valence-corrected chi connectivity index (χ4v) is 2.70. The Hall–Kier alpha value is -0.870. The van der Waals surface area contributed by atoms with Crippen molar-refractivity contribution in [3.05, 3.63) is 27.7 Å². The van der Waals surface area contributed by atoms with E-state index in [1.807, 2.05) is 26.8 Å². The van der Waals surface area contributed by atoms with Gasteiger partial charge in [0.1, 0.15) is 0 Å². The van der Waals surface area contributed by atoms with Crippen molar-refractivity contribution < 1.29 is 9.53 Å². The maximum absolute atomic E-state index is 11.9. The third-order valence-electron chi connectivity index (χ3n) is 2.68. The first kappa shape index (κ1) is 15.2. The van der Waals surface area contributed by atoms with Crippen molar-refractivity contribution in [3.8, 4) is 0 Å². The summed E-state index contributed by atoms with van der Waals surface area (Å²) in [4.78, 5) is 11.9. The van der Waals surface area contributed by atoms with Crippen molar-refractivity contribution >= 4 is 27.5 Å². The number of halogens is 1. The summed E-state index contributed by atoms with van der Waals surface area (Å²) < 4.78 is 5.95. The van der Waals surface area contributed by atoms with E-state index in [9.17, 15) is 4.79 Å². The average Bonchev–Trinajstić information content (AvgIpc) is 2.23. The molecule has 0 radical (unpaired) electrons. The Morgan fingerprint density at radius 2 is 2.11 bits per heavy atom. The third-order valence-corrected chi connectivity index (χ3v) is 3.31. The Morgan fingerprint density at radius 1 is 1.44 bits per heavy atom. The zero-order valence-corrected chi connectivity index (χ0v) is 12.9. The lowest BCUT2D eigenvalue weighted by Gasteiger charge is -2.14. The fraction of sp³-hybridized carbons (Fsp3) is 0.500. The van der Waals surface area contributed by atoms with Crippen LogP contribution in [0.4, 0.5) is 5.69 Å². The van der Waals surface area contributed by atoms with Crippen molar-refractivity contribution in [2.45, 2.75) is 27.2 Å². The third kappa shape index (κ3) is 4.42. The monoisotopic (exact) mass is 313 g/mol. The first-order valence-electron chi connectivity index (χ1n) is 5.99. The number of amides is 1. The fourth-order valence-electron chi connectivity index (χ4n) is 1.92. The van der Waals surface area contributed by atoms with E-state index in [0.29, 0.717) is 13.0 Å². The molecule has 0 aliphatic carbocycles. The Balaban J connectivity index is 2.70. The molecule has 0 heterocycles. The van der Waals surface area contributed by atoms with Gasteiger partial charge in [-0.05, 0) is 52.9 Å². The summed E-state index contributed by atoms with van der Waals surface area (Å²) in [6, 6.07) is 4.06. The van der Waals surface area contributed by atoms with E-state index in [0.717, 1.165) is 15.7 Å². The largest absolute Gasteiger partial charge is 0.384 e. The molecule has 1 N–H and O–H groups in total. The molecule has 0 saturated heterocycles. The summed E-state index contributed by atoms with van der Waals surface area (Å²) in [6.07, 6.45) is 0.466. The second-order valence-electron chi connectivity index (χ2n) is 4.75. The Kier molecular flexibility index (Phi) is 5.82. The van der Waals surface area contributed by atoms with E-state index in [4.69, 9.17) is 4.74 Å². The van der Waals surface area contributed by atoms with Crippen molar-refractivity contribution in [1.82, 2.24) is 0 Å². The highest BCUT2D eigenvalue weighted by molar-refractivity contribution is 9.10. The highest BCUT2D eigenvalue weighted by atomic mass is 79.9. The van der Waals surface area contributed by atoms with Crippen molar-refractivity contribution in [1.29, 1.82) is 0 Å². The van der Waals surface area contributed by atoms with Crippen LogP contribution in [0.5, 0.6) is 0 Å². The normalized spacial score (nSPS) is 12.3. The molecule has 1 atom stereocenters. The van der Waals surface area contributed by atoms with Crippen LogP contribution in [0.15, 0.2) is 16.6 Å². The molecule has 0 bridgehead atoms. The Bertz CT molecular complexity index is 409. The highest BCUT2D eigenvalue weighted by Crippen LogP contribution is 2.28. The number of benzene rings is 1. The van der Waals surface area contributed by atoms with Crippen LogP contribution in [0.25, 0.3) is 0 Å².